The molecule has 0 fully saturated rings. The van der Waals surface area contributed by atoms with Gasteiger partial charge in [0, 0.05) is 24.1 Å². The summed E-state index contributed by atoms with van der Waals surface area (Å²) < 4.78 is 20.1. The van der Waals surface area contributed by atoms with Crippen LogP contribution < -0.4 is 15.4 Å². The summed E-state index contributed by atoms with van der Waals surface area (Å²) in [6.45, 7) is 6.51. The first-order chi connectivity index (χ1) is 12.9. The molecule has 0 aliphatic rings. The maximum absolute atomic E-state index is 14.4. The van der Waals surface area contributed by atoms with Crippen LogP contribution in [0.5, 0.6) is 11.5 Å². The van der Waals surface area contributed by atoms with E-state index in [-0.39, 0.29) is 23.7 Å². The fourth-order valence-electron chi connectivity index (χ4n) is 2.53. The van der Waals surface area contributed by atoms with Gasteiger partial charge in [-0.2, -0.15) is 0 Å². The van der Waals surface area contributed by atoms with Crippen LogP contribution in [-0.4, -0.2) is 28.0 Å². The third kappa shape index (κ3) is 4.62. The number of aromatic nitrogens is 2. The lowest BCUT2D eigenvalue weighted by molar-refractivity contribution is -0.711. The number of aromatic amines is 1. The summed E-state index contributed by atoms with van der Waals surface area (Å²) in [6.07, 6.45) is 4.29. The number of carbonyl (C=O) groups is 1. The number of amides is 1. The van der Waals surface area contributed by atoms with Crippen LogP contribution in [0.3, 0.4) is 0 Å². The van der Waals surface area contributed by atoms with E-state index in [0.29, 0.717) is 17.1 Å². The summed E-state index contributed by atoms with van der Waals surface area (Å²) in [4.78, 5) is 19.2. The van der Waals surface area contributed by atoms with Crippen LogP contribution in [0.1, 0.15) is 27.2 Å². The Labute approximate surface area is 157 Å². The zero-order chi connectivity index (χ0) is 19.4. The second kappa shape index (κ2) is 7.75. The first-order valence-electron chi connectivity index (χ1n) is 8.92. The molecule has 142 valence electrons. The zero-order valence-corrected chi connectivity index (χ0v) is 15.7. The van der Waals surface area contributed by atoms with Crippen LogP contribution in [0.4, 0.5) is 10.1 Å². The number of hydrogen-bond donors (Lipinski definition) is 3. The van der Waals surface area contributed by atoms with E-state index in [9.17, 15) is 9.18 Å². The predicted molar refractivity (Wildman–Crippen MR) is 102 cm³/mol. The van der Waals surface area contributed by atoms with Gasteiger partial charge >= 0.3 is 0 Å². The number of quaternary nitrogens is 1. The number of rotatable bonds is 7. The average Bonchev–Trinajstić information content (AvgIpc) is 3.12. The van der Waals surface area contributed by atoms with Crippen molar-refractivity contribution in [2.45, 2.75) is 32.7 Å². The molecule has 0 saturated heterocycles. The fourth-order valence-corrected chi connectivity index (χ4v) is 2.53. The number of fused-ring (bicyclic) bond motifs is 1. The van der Waals surface area contributed by atoms with E-state index in [2.05, 4.69) is 36.1 Å². The van der Waals surface area contributed by atoms with Crippen molar-refractivity contribution in [1.82, 2.24) is 9.97 Å². The number of H-pyrrole nitrogens is 1. The molecule has 6 nitrogen and oxygen atoms in total. The maximum Gasteiger partial charge on any atom is 0.279 e. The van der Waals surface area contributed by atoms with Gasteiger partial charge in [0.05, 0.1) is 10.9 Å². The van der Waals surface area contributed by atoms with Crippen molar-refractivity contribution >= 4 is 22.6 Å². The minimum Gasteiger partial charge on any atom is -0.453 e. The Morgan fingerprint density at radius 2 is 2.11 bits per heavy atom. The second-order valence-electron chi connectivity index (χ2n) is 7.09. The molecule has 0 spiro atoms. The van der Waals surface area contributed by atoms with Crippen molar-refractivity contribution in [3.8, 4) is 11.5 Å². The van der Waals surface area contributed by atoms with Crippen LogP contribution in [0.2, 0.25) is 0 Å². The lowest BCUT2D eigenvalue weighted by Crippen LogP contribution is -2.96. The molecule has 0 saturated carbocycles. The number of nitrogens with two attached hydrogens (primary N) is 1. The van der Waals surface area contributed by atoms with E-state index >= 15 is 0 Å². The lowest BCUT2D eigenvalue weighted by Gasteiger charge is -2.20. The Hall–Kier alpha value is -2.93. The molecule has 0 radical (unpaired) electrons. The van der Waals surface area contributed by atoms with Gasteiger partial charge in [-0.1, -0.05) is 6.92 Å². The minimum atomic E-state index is -0.550. The topological polar surface area (TPSA) is 83.6 Å². The Bertz CT molecular complexity index is 952. The highest BCUT2D eigenvalue weighted by Crippen LogP contribution is 2.30. The van der Waals surface area contributed by atoms with Crippen molar-refractivity contribution in [2.75, 3.05) is 11.9 Å². The third-order valence-electron chi connectivity index (χ3n) is 4.61. The number of nitrogens with one attached hydrogen (secondary N) is 2. The molecular formula is C20H24FN4O2+. The number of carbonyl (C=O) groups excluding carboxylic acids is 1. The quantitative estimate of drug-likeness (QED) is 0.596. The highest BCUT2D eigenvalue weighted by atomic mass is 19.1. The number of benzene rings is 1. The summed E-state index contributed by atoms with van der Waals surface area (Å²) in [6, 6.07) is 7.88. The molecule has 1 aromatic carbocycles. The van der Waals surface area contributed by atoms with Crippen molar-refractivity contribution in [3.63, 3.8) is 0 Å². The highest BCUT2D eigenvalue weighted by Gasteiger charge is 2.20. The standard InChI is InChI=1S/C20H23FN4O2/c1-4-20(2,3)24-12-18(26)25-13-5-6-17(15(21)11-13)27-16-8-10-23-19-14(16)7-9-22-19/h5-11,24H,4,12H2,1-3H3,(H,22,23)(H,25,26)/p+1. The number of nitrogens with zero attached hydrogens (tertiary/aromatic N) is 1. The Kier molecular flexibility index (Phi) is 5.41. The van der Waals surface area contributed by atoms with Gasteiger partial charge < -0.3 is 20.4 Å². The Balaban J connectivity index is 1.67. The van der Waals surface area contributed by atoms with E-state index in [1.54, 1.807) is 24.5 Å². The molecular weight excluding hydrogens is 347 g/mol. The molecule has 0 aliphatic carbocycles. The largest absolute Gasteiger partial charge is 0.453 e. The first-order valence-corrected chi connectivity index (χ1v) is 8.92. The van der Waals surface area contributed by atoms with Crippen molar-refractivity contribution < 1.29 is 19.2 Å². The van der Waals surface area contributed by atoms with Gasteiger partial charge in [-0.3, -0.25) is 4.79 Å². The fraction of sp³-hybridized carbons (Fsp3) is 0.300. The van der Waals surface area contributed by atoms with E-state index in [0.717, 1.165) is 11.8 Å². The van der Waals surface area contributed by atoms with Crippen LogP contribution in [0.15, 0.2) is 42.7 Å². The SMILES string of the molecule is CCC(C)(C)[NH2+]CC(=O)Nc1ccc(Oc2ccnc3[nH]ccc23)c(F)c1. The molecule has 3 aromatic rings. The van der Waals surface area contributed by atoms with Gasteiger partial charge in [0.25, 0.3) is 5.91 Å². The lowest BCUT2D eigenvalue weighted by atomic mass is 10.0. The molecule has 3 rings (SSSR count). The van der Waals surface area contributed by atoms with Gasteiger partial charge in [0.1, 0.15) is 11.4 Å². The summed E-state index contributed by atoms with van der Waals surface area (Å²) in [7, 11) is 0. The van der Waals surface area contributed by atoms with E-state index in [4.69, 9.17) is 4.74 Å². The summed E-state index contributed by atoms with van der Waals surface area (Å²) >= 11 is 0. The van der Waals surface area contributed by atoms with E-state index < -0.39 is 5.82 Å². The van der Waals surface area contributed by atoms with Gasteiger partial charge in [-0.25, -0.2) is 9.37 Å². The predicted octanol–water partition coefficient (Wildman–Crippen LogP) is 3.18. The third-order valence-corrected chi connectivity index (χ3v) is 4.61. The van der Waals surface area contributed by atoms with E-state index in [1.807, 2.05) is 11.4 Å². The number of halogens is 1. The summed E-state index contributed by atoms with van der Waals surface area (Å²) in [5.41, 5.74) is 1.06. The number of ether oxygens (including phenoxy) is 1. The van der Waals surface area contributed by atoms with Crippen molar-refractivity contribution in [3.05, 3.63) is 48.5 Å². The summed E-state index contributed by atoms with van der Waals surface area (Å²) in [5.74, 6) is -0.132. The monoisotopic (exact) mass is 371 g/mol. The van der Waals surface area contributed by atoms with Gasteiger partial charge in [-0.05, 0) is 44.5 Å². The Morgan fingerprint density at radius 3 is 2.85 bits per heavy atom. The van der Waals surface area contributed by atoms with E-state index in [1.165, 1.54) is 12.1 Å². The minimum absolute atomic E-state index is 0.00556. The molecule has 4 N–H and O–H groups in total. The number of pyridine rings is 1. The molecule has 0 bridgehead atoms. The van der Waals surface area contributed by atoms with Gasteiger partial charge in [0.2, 0.25) is 0 Å². The van der Waals surface area contributed by atoms with Crippen LogP contribution in [0, 0.1) is 5.82 Å². The van der Waals surface area contributed by atoms with Gasteiger partial charge in [-0.15, -0.1) is 0 Å². The van der Waals surface area contributed by atoms with Crippen LogP contribution in [0.25, 0.3) is 11.0 Å². The molecule has 0 aliphatic heterocycles. The van der Waals surface area contributed by atoms with Crippen molar-refractivity contribution in [1.29, 1.82) is 0 Å². The second-order valence-corrected chi connectivity index (χ2v) is 7.09. The van der Waals surface area contributed by atoms with Crippen LogP contribution in [-0.2, 0) is 4.79 Å². The Morgan fingerprint density at radius 1 is 1.30 bits per heavy atom. The molecule has 2 heterocycles. The van der Waals surface area contributed by atoms with Gasteiger partial charge in [0.15, 0.2) is 18.1 Å². The summed E-state index contributed by atoms with van der Waals surface area (Å²) in [5, 5.41) is 5.46. The molecule has 1 amide bonds. The number of anilines is 1. The smallest absolute Gasteiger partial charge is 0.279 e. The average molecular weight is 371 g/mol. The van der Waals surface area contributed by atoms with Crippen molar-refractivity contribution in [2.24, 2.45) is 0 Å². The molecule has 0 atom stereocenters. The molecule has 7 heteroatoms. The first kappa shape index (κ1) is 18.8. The molecule has 2 aromatic heterocycles. The zero-order valence-electron chi connectivity index (χ0n) is 15.7. The maximum atomic E-state index is 14.4. The molecule has 27 heavy (non-hydrogen) atoms. The molecule has 0 unspecified atom stereocenters. The number of hydrogen-bond acceptors (Lipinski definition) is 3. The normalized spacial score (nSPS) is 11.6. The van der Waals surface area contributed by atoms with Crippen LogP contribution >= 0.6 is 0 Å². The highest BCUT2D eigenvalue weighted by molar-refractivity contribution is 5.91.